The van der Waals surface area contributed by atoms with Crippen LogP contribution in [0.3, 0.4) is 0 Å². The molecule has 0 spiro atoms. The Morgan fingerprint density at radius 2 is 2.03 bits per heavy atom. The highest BCUT2D eigenvalue weighted by Gasteiger charge is 2.18. The summed E-state index contributed by atoms with van der Waals surface area (Å²) in [6.07, 6.45) is 6.38. The number of hydrogen-bond acceptors (Lipinski definition) is 8. The molecule has 1 atom stereocenters. The van der Waals surface area contributed by atoms with Crippen LogP contribution in [-0.4, -0.2) is 52.1 Å². The van der Waals surface area contributed by atoms with Crippen molar-refractivity contribution in [1.82, 2.24) is 25.3 Å². The Morgan fingerprint density at radius 3 is 2.82 bits per heavy atom. The highest BCUT2D eigenvalue weighted by atomic mass is 16.5. The van der Waals surface area contributed by atoms with E-state index in [0.29, 0.717) is 17.7 Å². The average molecular weight is 456 g/mol. The van der Waals surface area contributed by atoms with Gasteiger partial charge in [0.05, 0.1) is 25.2 Å². The molecule has 1 aromatic carbocycles. The van der Waals surface area contributed by atoms with Crippen LogP contribution in [0.1, 0.15) is 12.0 Å². The lowest BCUT2D eigenvalue weighted by atomic mass is 10.1. The van der Waals surface area contributed by atoms with Gasteiger partial charge in [-0.3, -0.25) is 9.78 Å². The normalized spacial score (nSPS) is 15.3. The zero-order valence-electron chi connectivity index (χ0n) is 18.8. The molecule has 172 valence electrons. The van der Waals surface area contributed by atoms with Crippen molar-refractivity contribution >= 4 is 28.4 Å². The summed E-state index contributed by atoms with van der Waals surface area (Å²) in [4.78, 5) is 30.6. The summed E-state index contributed by atoms with van der Waals surface area (Å²) in [5, 5.41) is 10.7. The number of hydrogen-bond donors (Lipinski definition) is 3. The number of pyridine rings is 2. The van der Waals surface area contributed by atoms with Gasteiger partial charge in [-0.05, 0) is 48.9 Å². The first-order valence-electron chi connectivity index (χ1n) is 11.2. The molecular formula is C25H25N7O2. The maximum Gasteiger partial charge on any atom is 0.229 e. The quantitative estimate of drug-likeness (QED) is 0.390. The molecule has 0 radical (unpaired) electrons. The Balaban J connectivity index is 1.37. The van der Waals surface area contributed by atoms with Crippen LogP contribution in [0.25, 0.3) is 22.3 Å². The van der Waals surface area contributed by atoms with Crippen LogP contribution >= 0.6 is 0 Å². The van der Waals surface area contributed by atoms with Crippen LogP contribution in [0.4, 0.5) is 11.6 Å². The van der Waals surface area contributed by atoms with Gasteiger partial charge in [0.1, 0.15) is 17.4 Å². The number of methoxy groups -OCH3 is 1. The largest absolute Gasteiger partial charge is 0.497 e. The third-order valence-corrected chi connectivity index (χ3v) is 5.71. The summed E-state index contributed by atoms with van der Waals surface area (Å²) in [6.45, 7) is 1.88. The number of nitrogens with one attached hydrogen (secondary N) is 3. The van der Waals surface area contributed by atoms with Crippen LogP contribution in [-0.2, 0) is 11.2 Å². The van der Waals surface area contributed by atoms with Crippen molar-refractivity contribution in [3.63, 3.8) is 0 Å². The van der Waals surface area contributed by atoms with Crippen LogP contribution in [0.15, 0.2) is 61.1 Å². The topological polar surface area (TPSA) is 114 Å². The molecule has 9 heteroatoms. The number of benzene rings is 1. The maximum absolute atomic E-state index is 12.6. The van der Waals surface area contributed by atoms with Gasteiger partial charge in [0.2, 0.25) is 5.91 Å². The standard InChI is InChI=1S/C25H25N7O2/c1-34-19-4-2-16(3-5-19)12-23(33)31-22-13-17(6-11-28-22)24-30-21-15-27-10-8-20(21)25(32-24)29-18-7-9-26-14-18/h2-6,8,10-11,13,15,18,26H,7,9,12,14H2,1H3,(H,28,31,33)(H,29,30,32)/t18-/m1/s1. The first-order valence-corrected chi connectivity index (χ1v) is 11.2. The summed E-state index contributed by atoms with van der Waals surface area (Å²) in [7, 11) is 1.61. The Kier molecular flexibility index (Phi) is 6.26. The average Bonchev–Trinajstić information content (AvgIpc) is 3.38. The summed E-state index contributed by atoms with van der Waals surface area (Å²) in [5.74, 6) is 2.36. The minimum Gasteiger partial charge on any atom is -0.497 e. The van der Waals surface area contributed by atoms with Crippen LogP contribution in [0.5, 0.6) is 5.75 Å². The molecule has 5 rings (SSSR count). The van der Waals surface area contributed by atoms with Gasteiger partial charge in [0, 0.05) is 35.9 Å². The lowest BCUT2D eigenvalue weighted by Gasteiger charge is -2.15. The fourth-order valence-corrected chi connectivity index (χ4v) is 3.94. The maximum atomic E-state index is 12.6. The van der Waals surface area contributed by atoms with E-state index < -0.39 is 0 Å². The molecule has 1 amide bonds. The fourth-order valence-electron chi connectivity index (χ4n) is 3.94. The van der Waals surface area contributed by atoms with E-state index in [1.807, 2.05) is 36.4 Å². The molecule has 0 bridgehead atoms. The molecule has 3 aromatic heterocycles. The molecule has 4 heterocycles. The lowest BCUT2D eigenvalue weighted by molar-refractivity contribution is -0.115. The first kappa shape index (κ1) is 21.7. The second kappa shape index (κ2) is 9.80. The highest BCUT2D eigenvalue weighted by molar-refractivity contribution is 5.92. The summed E-state index contributed by atoms with van der Waals surface area (Å²) in [5.41, 5.74) is 2.40. The number of carbonyl (C=O) groups is 1. The zero-order valence-corrected chi connectivity index (χ0v) is 18.8. The van der Waals surface area contributed by atoms with Crippen molar-refractivity contribution < 1.29 is 9.53 Å². The third-order valence-electron chi connectivity index (χ3n) is 5.71. The molecule has 1 saturated heterocycles. The Morgan fingerprint density at radius 1 is 1.15 bits per heavy atom. The highest BCUT2D eigenvalue weighted by Crippen LogP contribution is 2.26. The SMILES string of the molecule is COc1ccc(CC(=O)Nc2cc(-c3nc(N[C@@H]4CCNC4)c4ccncc4n3)ccn2)cc1. The summed E-state index contributed by atoms with van der Waals surface area (Å²) in [6, 6.07) is 13.2. The first-order chi connectivity index (χ1) is 16.7. The molecule has 4 aromatic rings. The Bertz CT molecular complexity index is 1300. The molecular weight excluding hydrogens is 430 g/mol. The number of rotatable bonds is 7. The molecule has 1 aliphatic rings. The predicted octanol–water partition coefficient (Wildman–Crippen LogP) is 3.05. The van der Waals surface area contributed by atoms with E-state index in [1.165, 1.54) is 0 Å². The van der Waals surface area contributed by atoms with E-state index in [0.717, 1.165) is 53.1 Å². The van der Waals surface area contributed by atoms with E-state index in [4.69, 9.17) is 14.7 Å². The van der Waals surface area contributed by atoms with Gasteiger partial charge in [0.25, 0.3) is 0 Å². The van der Waals surface area contributed by atoms with E-state index in [1.54, 1.807) is 31.8 Å². The van der Waals surface area contributed by atoms with Gasteiger partial charge in [-0.2, -0.15) is 0 Å². The van der Waals surface area contributed by atoms with Crippen molar-refractivity contribution in [2.75, 3.05) is 30.8 Å². The second-order valence-corrected chi connectivity index (χ2v) is 8.13. The van der Waals surface area contributed by atoms with Crippen molar-refractivity contribution in [2.24, 2.45) is 0 Å². The molecule has 9 nitrogen and oxygen atoms in total. The van der Waals surface area contributed by atoms with Crippen LogP contribution < -0.4 is 20.7 Å². The van der Waals surface area contributed by atoms with Crippen molar-refractivity contribution in [1.29, 1.82) is 0 Å². The Labute approximate surface area is 197 Å². The van der Waals surface area contributed by atoms with Gasteiger partial charge in [-0.1, -0.05) is 12.1 Å². The van der Waals surface area contributed by atoms with Crippen molar-refractivity contribution in [3.8, 4) is 17.1 Å². The van der Waals surface area contributed by atoms with E-state index in [2.05, 4.69) is 25.9 Å². The monoisotopic (exact) mass is 455 g/mol. The van der Waals surface area contributed by atoms with Crippen molar-refractivity contribution in [2.45, 2.75) is 18.9 Å². The minimum atomic E-state index is -0.158. The lowest BCUT2D eigenvalue weighted by Crippen LogP contribution is -2.23. The van der Waals surface area contributed by atoms with Gasteiger partial charge < -0.3 is 20.7 Å². The second-order valence-electron chi connectivity index (χ2n) is 8.13. The van der Waals surface area contributed by atoms with Gasteiger partial charge in [-0.15, -0.1) is 0 Å². The van der Waals surface area contributed by atoms with Crippen LogP contribution in [0.2, 0.25) is 0 Å². The molecule has 1 fully saturated rings. The van der Waals surface area contributed by atoms with Gasteiger partial charge in [0.15, 0.2) is 5.82 Å². The van der Waals surface area contributed by atoms with Gasteiger partial charge in [-0.25, -0.2) is 15.0 Å². The number of ether oxygens (including phenoxy) is 1. The van der Waals surface area contributed by atoms with Crippen LogP contribution in [0, 0.1) is 0 Å². The zero-order chi connectivity index (χ0) is 23.3. The molecule has 34 heavy (non-hydrogen) atoms. The van der Waals surface area contributed by atoms with E-state index in [-0.39, 0.29) is 12.3 Å². The number of carbonyl (C=O) groups excluding carboxylic acids is 1. The number of amides is 1. The van der Waals surface area contributed by atoms with Crippen molar-refractivity contribution in [3.05, 3.63) is 66.6 Å². The minimum absolute atomic E-state index is 0.158. The molecule has 3 N–H and O–H groups in total. The number of anilines is 2. The number of aromatic nitrogens is 4. The number of fused-ring (bicyclic) bond motifs is 1. The summed E-state index contributed by atoms with van der Waals surface area (Å²) >= 11 is 0. The Hall–Kier alpha value is -4.11. The van der Waals surface area contributed by atoms with Gasteiger partial charge >= 0.3 is 0 Å². The molecule has 0 saturated carbocycles. The molecule has 1 aliphatic heterocycles. The smallest absolute Gasteiger partial charge is 0.229 e. The van der Waals surface area contributed by atoms with E-state index in [9.17, 15) is 4.79 Å². The predicted molar refractivity (Wildman–Crippen MR) is 131 cm³/mol. The third kappa shape index (κ3) is 4.94. The fraction of sp³-hybridized carbons (Fsp3) is 0.240. The molecule has 0 aliphatic carbocycles. The number of nitrogens with zero attached hydrogens (tertiary/aromatic N) is 4. The molecule has 0 unspecified atom stereocenters. The summed E-state index contributed by atoms with van der Waals surface area (Å²) < 4.78 is 5.16. The van der Waals surface area contributed by atoms with E-state index >= 15 is 0 Å².